The molecule has 0 radical (unpaired) electrons. The Hall–Kier alpha value is -5.10. The van der Waals surface area contributed by atoms with Crippen LogP contribution in [0.1, 0.15) is 27.4 Å². The average molecular weight is 469 g/mol. The molecule has 0 saturated carbocycles. The highest BCUT2D eigenvalue weighted by Crippen LogP contribution is 2.43. The zero-order valence-electron chi connectivity index (χ0n) is 18.3. The number of nitrogens with two attached hydrogens (primary N) is 1. The van der Waals surface area contributed by atoms with E-state index in [0.717, 1.165) is 11.6 Å². The van der Waals surface area contributed by atoms with E-state index in [0.29, 0.717) is 23.7 Å². The van der Waals surface area contributed by atoms with Crippen molar-refractivity contribution in [1.82, 2.24) is 0 Å². The van der Waals surface area contributed by atoms with Crippen LogP contribution in [0.25, 0.3) is 0 Å². The Morgan fingerprint density at radius 3 is 2.60 bits per heavy atom. The average Bonchev–Trinajstić information content (AvgIpc) is 2.87. The van der Waals surface area contributed by atoms with Gasteiger partial charge in [0, 0.05) is 23.8 Å². The minimum absolute atomic E-state index is 0.0284. The largest absolute Gasteiger partial charge is 0.490 e. The lowest BCUT2D eigenvalue weighted by Crippen LogP contribution is -2.21. The molecule has 0 bridgehead atoms. The molecule has 174 valence electrons. The van der Waals surface area contributed by atoms with Gasteiger partial charge in [0.25, 0.3) is 5.69 Å². The molecule has 0 aromatic heterocycles. The number of ether oxygens (including phenoxy) is 3. The van der Waals surface area contributed by atoms with E-state index in [4.69, 9.17) is 19.9 Å². The van der Waals surface area contributed by atoms with Crippen molar-refractivity contribution in [3.8, 4) is 23.3 Å². The van der Waals surface area contributed by atoms with E-state index in [1.807, 2.05) is 12.1 Å². The number of hydrogen-bond donors (Lipinski definition) is 1. The number of esters is 1. The number of non-ortho nitro benzene ring substituents is 1. The number of carbonyl (C=O) groups is 1. The smallest absolute Gasteiger partial charge is 0.343 e. The highest BCUT2D eigenvalue weighted by atomic mass is 16.6. The number of allylic oxidation sites excluding steroid dienone is 1. The van der Waals surface area contributed by atoms with Gasteiger partial charge in [-0.25, -0.2) is 4.79 Å². The molecule has 9 heteroatoms. The summed E-state index contributed by atoms with van der Waals surface area (Å²) in [5.74, 6) is -0.196. The van der Waals surface area contributed by atoms with Crippen molar-refractivity contribution >= 4 is 11.7 Å². The molecular formula is C26H19N3O6. The molecule has 1 unspecified atom stereocenters. The van der Waals surface area contributed by atoms with Gasteiger partial charge < -0.3 is 19.9 Å². The maximum Gasteiger partial charge on any atom is 0.343 e. The number of nitro groups is 1. The topological polar surface area (TPSA) is 138 Å². The molecule has 3 aromatic carbocycles. The van der Waals surface area contributed by atoms with Crippen LogP contribution in [0.15, 0.2) is 90.8 Å². The fraction of sp³-hybridized carbons (Fsp3) is 0.0769. The van der Waals surface area contributed by atoms with Crippen LogP contribution < -0.4 is 19.9 Å². The number of fused-ring (bicyclic) bond motifs is 1. The van der Waals surface area contributed by atoms with Gasteiger partial charge in [-0.05, 0) is 29.8 Å². The van der Waals surface area contributed by atoms with E-state index in [9.17, 15) is 20.2 Å². The van der Waals surface area contributed by atoms with Crippen molar-refractivity contribution < 1.29 is 23.9 Å². The summed E-state index contributed by atoms with van der Waals surface area (Å²) in [5.41, 5.74) is 7.55. The zero-order chi connectivity index (χ0) is 24.9. The van der Waals surface area contributed by atoms with Gasteiger partial charge in [-0.1, -0.05) is 36.9 Å². The molecule has 1 atom stereocenters. The lowest BCUT2D eigenvalue weighted by molar-refractivity contribution is -0.384. The number of nitrogens with zero attached hydrogens (tertiary/aromatic N) is 2. The van der Waals surface area contributed by atoms with Gasteiger partial charge in [0.2, 0.25) is 5.88 Å². The molecule has 4 rings (SSSR count). The molecule has 0 saturated heterocycles. The SMILES string of the molecule is C=CCOc1ccc(C2C(C#N)=C(N)Oc3cc(OC(=O)c4cccc([N+](=O)[O-])c4)ccc32)cc1. The normalized spacial score (nSPS) is 14.2. The summed E-state index contributed by atoms with van der Waals surface area (Å²) in [7, 11) is 0. The van der Waals surface area contributed by atoms with Gasteiger partial charge in [0.05, 0.1) is 16.4 Å². The van der Waals surface area contributed by atoms with Gasteiger partial charge in [0.1, 0.15) is 35.5 Å². The van der Waals surface area contributed by atoms with Crippen LogP contribution in [0.4, 0.5) is 5.69 Å². The lowest BCUT2D eigenvalue weighted by Gasteiger charge is -2.26. The number of rotatable bonds is 7. The van der Waals surface area contributed by atoms with Gasteiger partial charge >= 0.3 is 5.97 Å². The maximum absolute atomic E-state index is 12.5. The van der Waals surface area contributed by atoms with Crippen molar-refractivity contribution in [3.63, 3.8) is 0 Å². The van der Waals surface area contributed by atoms with Crippen molar-refractivity contribution in [2.24, 2.45) is 5.73 Å². The third-order valence-corrected chi connectivity index (χ3v) is 5.28. The van der Waals surface area contributed by atoms with Crippen LogP contribution in [0.2, 0.25) is 0 Å². The van der Waals surface area contributed by atoms with Crippen LogP contribution in [0, 0.1) is 21.4 Å². The minimum Gasteiger partial charge on any atom is -0.490 e. The first-order chi connectivity index (χ1) is 16.9. The van der Waals surface area contributed by atoms with E-state index in [2.05, 4.69) is 12.6 Å². The summed E-state index contributed by atoms with van der Waals surface area (Å²) < 4.78 is 16.6. The summed E-state index contributed by atoms with van der Waals surface area (Å²) in [4.78, 5) is 22.9. The Balaban J connectivity index is 1.63. The van der Waals surface area contributed by atoms with E-state index in [1.54, 1.807) is 30.3 Å². The molecule has 3 aromatic rings. The quantitative estimate of drug-likeness (QED) is 0.174. The second-order valence-electron chi connectivity index (χ2n) is 7.49. The molecule has 1 aliphatic rings. The van der Waals surface area contributed by atoms with Crippen LogP contribution >= 0.6 is 0 Å². The van der Waals surface area contributed by atoms with Crippen LogP contribution in [0.3, 0.4) is 0 Å². The van der Waals surface area contributed by atoms with E-state index < -0.39 is 16.8 Å². The number of nitriles is 1. The van der Waals surface area contributed by atoms with E-state index in [-0.39, 0.29) is 28.5 Å². The summed E-state index contributed by atoms with van der Waals surface area (Å²) in [6.45, 7) is 3.99. The van der Waals surface area contributed by atoms with Gasteiger partial charge in [-0.3, -0.25) is 10.1 Å². The fourth-order valence-electron chi connectivity index (χ4n) is 3.67. The number of nitro benzene ring substituents is 1. The zero-order valence-corrected chi connectivity index (χ0v) is 18.3. The molecular weight excluding hydrogens is 450 g/mol. The Morgan fingerprint density at radius 2 is 1.91 bits per heavy atom. The highest BCUT2D eigenvalue weighted by molar-refractivity contribution is 5.91. The Labute approximate surface area is 200 Å². The van der Waals surface area contributed by atoms with Crippen LogP contribution in [-0.4, -0.2) is 17.5 Å². The molecule has 35 heavy (non-hydrogen) atoms. The highest BCUT2D eigenvalue weighted by Gasteiger charge is 2.31. The molecule has 1 heterocycles. The van der Waals surface area contributed by atoms with Gasteiger partial charge in [0.15, 0.2) is 0 Å². The number of benzene rings is 3. The van der Waals surface area contributed by atoms with Crippen LogP contribution in [-0.2, 0) is 0 Å². The second-order valence-corrected chi connectivity index (χ2v) is 7.49. The van der Waals surface area contributed by atoms with Crippen LogP contribution in [0.5, 0.6) is 17.2 Å². The first kappa shape index (κ1) is 23.1. The predicted molar refractivity (Wildman–Crippen MR) is 126 cm³/mol. The molecule has 0 amide bonds. The minimum atomic E-state index is -0.766. The standard InChI is InChI=1S/C26H19N3O6/c1-2-12-33-19-8-6-16(7-9-19)24-21-11-10-20(14-23(21)35-25(28)22(24)15-27)34-26(30)17-4-3-5-18(13-17)29(31)32/h2-11,13-14,24H,1,12,28H2. The summed E-state index contributed by atoms with van der Waals surface area (Å²) in [5, 5.41) is 20.7. The Bertz CT molecular complexity index is 1390. The summed E-state index contributed by atoms with van der Waals surface area (Å²) in [6, 6.07) is 19.3. The molecule has 0 fully saturated rings. The number of carbonyl (C=O) groups excluding carboxylic acids is 1. The monoisotopic (exact) mass is 469 g/mol. The van der Waals surface area contributed by atoms with Crippen molar-refractivity contribution in [1.29, 1.82) is 5.26 Å². The van der Waals surface area contributed by atoms with Gasteiger partial charge in [-0.2, -0.15) is 5.26 Å². The summed E-state index contributed by atoms with van der Waals surface area (Å²) >= 11 is 0. The molecule has 2 N–H and O–H groups in total. The number of hydrogen-bond acceptors (Lipinski definition) is 8. The predicted octanol–water partition coefficient (Wildman–Crippen LogP) is 4.60. The Kier molecular flexibility index (Phi) is 6.46. The van der Waals surface area contributed by atoms with Crippen molar-refractivity contribution in [3.05, 3.63) is 118 Å². The Morgan fingerprint density at radius 1 is 1.17 bits per heavy atom. The van der Waals surface area contributed by atoms with Crippen molar-refractivity contribution in [2.45, 2.75) is 5.92 Å². The summed E-state index contributed by atoms with van der Waals surface area (Å²) in [6.07, 6.45) is 1.64. The van der Waals surface area contributed by atoms with E-state index >= 15 is 0 Å². The molecule has 1 aliphatic heterocycles. The second kappa shape index (κ2) is 9.80. The first-order valence-corrected chi connectivity index (χ1v) is 10.4. The molecule has 0 aliphatic carbocycles. The molecule has 0 spiro atoms. The van der Waals surface area contributed by atoms with E-state index in [1.165, 1.54) is 24.3 Å². The lowest BCUT2D eigenvalue weighted by atomic mass is 9.83. The fourth-order valence-corrected chi connectivity index (χ4v) is 3.67. The third-order valence-electron chi connectivity index (χ3n) is 5.28. The van der Waals surface area contributed by atoms with Crippen molar-refractivity contribution in [2.75, 3.05) is 6.61 Å². The maximum atomic E-state index is 12.5. The van der Waals surface area contributed by atoms with Gasteiger partial charge in [-0.15, -0.1) is 0 Å². The first-order valence-electron chi connectivity index (χ1n) is 10.4. The third kappa shape index (κ3) is 4.82. The molecule has 9 nitrogen and oxygen atoms in total.